The van der Waals surface area contributed by atoms with Crippen LogP contribution in [0.2, 0.25) is 0 Å². The molecule has 3 fully saturated rings. The maximum absolute atomic E-state index is 12.5. The van der Waals surface area contributed by atoms with Gasteiger partial charge in [-0.25, -0.2) is 0 Å². The molecule has 0 spiro atoms. The van der Waals surface area contributed by atoms with E-state index in [9.17, 15) is 9.59 Å². The van der Waals surface area contributed by atoms with Gasteiger partial charge in [-0.2, -0.15) is 0 Å². The number of amides is 2. The number of hydrogen-bond acceptors (Lipinski definition) is 4. The summed E-state index contributed by atoms with van der Waals surface area (Å²) >= 11 is 0. The van der Waals surface area contributed by atoms with Crippen molar-refractivity contribution >= 4 is 36.6 Å². The molecule has 3 rings (SSSR count). The van der Waals surface area contributed by atoms with E-state index in [1.54, 1.807) is 0 Å². The van der Waals surface area contributed by atoms with E-state index in [0.717, 1.165) is 52.1 Å². The molecule has 1 saturated carbocycles. The summed E-state index contributed by atoms with van der Waals surface area (Å²) in [5.74, 6) is 1.05. The minimum atomic E-state index is 0. The molecule has 3 aliphatic rings. The van der Waals surface area contributed by atoms with E-state index in [2.05, 4.69) is 22.5 Å². The first-order valence-corrected chi connectivity index (χ1v) is 9.64. The Morgan fingerprint density at radius 1 is 1.04 bits per heavy atom. The van der Waals surface area contributed by atoms with E-state index in [4.69, 9.17) is 0 Å². The van der Waals surface area contributed by atoms with Crippen LogP contribution in [0.15, 0.2) is 0 Å². The summed E-state index contributed by atoms with van der Waals surface area (Å²) in [6.07, 6.45) is 6.03. The standard InChI is InChI=1S/C18H32N4O2.2ClH/c1-14(15-11-19-12-15)18(24)22-9-7-21(8-10-22)13-17(23)20-16-5-3-2-4-6-16;;/h14-16,19H,2-13H2,1H3,(H,20,23);2*1H. The van der Waals surface area contributed by atoms with Crippen molar-refractivity contribution < 1.29 is 9.59 Å². The van der Waals surface area contributed by atoms with Gasteiger partial charge in [-0.1, -0.05) is 26.2 Å². The Labute approximate surface area is 169 Å². The molecule has 0 aromatic rings. The Hall–Kier alpha value is -0.560. The number of hydrogen-bond donors (Lipinski definition) is 2. The molecular weight excluding hydrogens is 375 g/mol. The van der Waals surface area contributed by atoms with Gasteiger partial charge in [0.05, 0.1) is 6.54 Å². The van der Waals surface area contributed by atoms with Gasteiger partial charge in [-0.05, 0) is 31.8 Å². The summed E-state index contributed by atoms with van der Waals surface area (Å²) in [5, 5.41) is 6.42. The third-order valence-electron chi connectivity index (χ3n) is 5.93. The highest BCUT2D eigenvalue weighted by Gasteiger charge is 2.33. The zero-order chi connectivity index (χ0) is 16.9. The molecule has 2 heterocycles. The Morgan fingerprint density at radius 2 is 1.65 bits per heavy atom. The van der Waals surface area contributed by atoms with Gasteiger partial charge in [0.2, 0.25) is 11.8 Å². The third kappa shape index (κ3) is 6.25. The highest BCUT2D eigenvalue weighted by molar-refractivity contribution is 5.85. The van der Waals surface area contributed by atoms with E-state index >= 15 is 0 Å². The number of nitrogens with zero attached hydrogens (tertiary/aromatic N) is 2. The van der Waals surface area contributed by atoms with Crippen LogP contribution in [-0.2, 0) is 9.59 Å². The lowest BCUT2D eigenvalue weighted by molar-refractivity contribution is -0.139. The summed E-state index contributed by atoms with van der Waals surface area (Å²) < 4.78 is 0. The first kappa shape index (κ1) is 23.5. The van der Waals surface area contributed by atoms with Crippen molar-refractivity contribution in [2.75, 3.05) is 45.8 Å². The molecular formula is C18H34Cl2N4O2. The Bertz CT molecular complexity index is 448. The van der Waals surface area contributed by atoms with Gasteiger partial charge in [-0.3, -0.25) is 14.5 Å². The quantitative estimate of drug-likeness (QED) is 0.718. The molecule has 0 aromatic heterocycles. The van der Waals surface area contributed by atoms with Crippen LogP contribution in [0, 0.1) is 11.8 Å². The fourth-order valence-electron chi connectivity index (χ4n) is 4.00. The van der Waals surface area contributed by atoms with Crippen LogP contribution >= 0.6 is 24.8 Å². The molecule has 2 amide bonds. The summed E-state index contributed by atoms with van der Waals surface area (Å²) in [6.45, 7) is 7.57. The van der Waals surface area contributed by atoms with Crippen LogP contribution in [-0.4, -0.2) is 73.5 Å². The summed E-state index contributed by atoms with van der Waals surface area (Å²) in [4.78, 5) is 28.9. The Morgan fingerprint density at radius 3 is 2.19 bits per heavy atom. The summed E-state index contributed by atoms with van der Waals surface area (Å²) in [6, 6.07) is 0.381. The van der Waals surface area contributed by atoms with Crippen molar-refractivity contribution in [3.63, 3.8) is 0 Å². The zero-order valence-corrected chi connectivity index (χ0v) is 17.4. The first-order valence-electron chi connectivity index (χ1n) is 9.64. The van der Waals surface area contributed by atoms with Crippen LogP contribution in [0.4, 0.5) is 0 Å². The first-order chi connectivity index (χ1) is 11.6. The number of carbonyl (C=O) groups excluding carboxylic acids is 2. The zero-order valence-electron chi connectivity index (χ0n) is 15.7. The predicted molar refractivity (Wildman–Crippen MR) is 108 cm³/mol. The van der Waals surface area contributed by atoms with Crippen LogP contribution in [0.1, 0.15) is 39.0 Å². The molecule has 2 N–H and O–H groups in total. The maximum atomic E-state index is 12.5. The average molecular weight is 409 g/mol. The molecule has 1 aliphatic carbocycles. The number of halogens is 2. The molecule has 1 unspecified atom stereocenters. The third-order valence-corrected chi connectivity index (χ3v) is 5.93. The second-order valence-corrected chi connectivity index (χ2v) is 7.71. The van der Waals surface area contributed by atoms with Crippen molar-refractivity contribution in [2.24, 2.45) is 11.8 Å². The van der Waals surface area contributed by atoms with Crippen molar-refractivity contribution in [3.8, 4) is 0 Å². The fourth-order valence-corrected chi connectivity index (χ4v) is 4.00. The molecule has 1 atom stereocenters. The number of nitrogens with one attached hydrogen (secondary N) is 2. The fraction of sp³-hybridized carbons (Fsp3) is 0.889. The van der Waals surface area contributed by atoms with Gasteiger partial charge >= 0.3 is 0 Å². The lowest BCUT2D eigenvalue weighted by Crippen LogP contribution is -2.55. The molecule has 2 saturated heterocycles. The van der Waals surface area contributed by atoms with Gasteiger partial charge in [0, 0.05) is 38.1 Å². The van der Waals surface area contributed by atoms with E-state index < -0.39 is 0 Å². The topological polar surface area (TPSA) is 64.7 Å². The van der Waals surface area contributed by atoms with Gasteiger partial charge < -0.3 is 15.5 Å². The van der Waals surface area contributed by atoms with Crippen LogP contribution in [0.25, 0.3) is 0 Å². The van der Waals surface area contributed by atoms with Crippen molar-refractivity contribution in [3.05, 3.63) is 0 Å². The van der Waals surface area contributed by atoms with Crippen LogP contribution in [0.3, 0.4) is 0 Å². The normalized spacial score (nSPS) is 23.2. The van der Waals surface area contributed by atoms with Crippen LogP contribution in [0.5, 0.6) is 0 Å². The van der Waals surface area contributed by atoms with E-state index in [-0.39, 0.29) is 42.5 Å². The van der Waals surface area contributed by atoms with Gasteiger partial charge in [0.25, 0.3) is 0 Å². The lowest BCUT2D eigenvalue weighted by atomic mass is 9.88. The highest BCUT2D eigenvalue weighted by Crippen LogP contribution is 2.19. The van der Waals surface area contributed by atoms with Crippen LogP contribution < -0.4 is 10.6 Å². The molecule has 6 nitrogen and oxygen atoms in total. The number of piperazine rings is 1. The number of rotatable bonds is 5. The van der Waals surface area contributed by atoms with E-state index in [0.29, 0.717) is 18.5 Å². The molecule has 152 valence electrons. The van der Waals surface area contributed by atoms with Gasteiger partial charge in [0.15, 0.2) is 0 Å². The van der Waals surface area contributed by atoms with Gasteiger partial charge in [-0.15, -0.1) is 24.8 Å². The van der Waals surface area contributed by atoms with E-state index in [1.165, 1.54) is 19.3 Å². The smallest absolute Gasteiger partial charge is 0.234 e. The highest BCUT2D eigenvalue weighted by atomic mass is 35.5. The maximum Gasteiger partial charge on any atom is 0.234 e. The van der Waals surface area contributed by atoms with Crippen molar-refractivity contribution in [2.45, 2.75) is 45.1 Å². The van der Waals surface area contributed by atoms with Crippen molar-refractivity contribution in [1.82, 2.24) is 20.4 Å². The van der Waals surface area contributed by atoms with Gasteiger partial charge in [0.1, 0.15) is 0 Å². The molecule has 0 bridgehead atoms. The molecule has 26 heavy (non-hydrogen) atoms. The largest absolute Gasteiger partial charge is 0.352 e. The van der Waals surface area contributed by atoms with E-state index in [1.807, 2.05) is 4.90 Å². The molecule has 8 heteroatoms. The lowest BCUT2D eigenvalue weighted by Gasteiger charge is -2.39. The molecule has 0 aromatic carbocycles. The molecule has 2 aliphatic heterocycles. The monoisotopic (exact) mass is 408 g/mol. The summed E-state index contributed by atoms with van der Waals surface area (Å²) in [7, 11) is 0. The second-order valence-electron chi connectivity index (χ2n) is 7.71. The predicted octanol–water partition coefficient (Wildman–Crippen LogP) is 1.28. The SMILES string of the molecule is CC(C(=O)N1CCN(CC(=O)NC2CCCCC2)CC1)C1CNC1.Cl.Cl. The van der Waals surface area contributed by atoms with Crippen molar-refractivity contribution in [1.29, 1.82) is 0 Å². The minimum Gasteiger partial charge on any atom is -0.352 e. The summed E-state index contributed by atoms with van der Waals surface area (Å²) in [5.41, 5.74) is 0. The molecule has 0 radical (unpaired) electrons. The second kappa shape index (κ2) is 11.3. The Balaban J connectivity index is 0.00000169. The minimum absolute atomic E-state index is 0. The Kier molecular flexibility index (Phi) is 10.2. The average Bonchev–Trinajstić information content (AvgIpc) is 2.54. The number of carbonyl (C=O) groups is 2.